The van der Waals surface area contributed by atoms with Crippen LogP contribution in [0.15, 0.2) is 36.7 Å². The van der Waals surface area contributed by atoms with Gasteiger partial charge >= 0.3 is 19.8 Å². The number of hydrogen-bond acceptors (Lipinski definition) is 7. The number of nitrogens with zero attached hydrogens (tertiary/aromatic N) is 2. The predicted molar refractivity (Wildman–Crippen MR) is 117 cm³/mol. The van der Waals surface area contributed by atoms with Gasteiger partial charge in [0.1, 0.15) is 29.8 Å². The zero-order valence-electron chi connectivity index (χ0n) is 16.8. The zero-order chi connectivity index (χ0) is 23.5. The second-order valence-electron chi connectivity index (χ2n) is 7.07. The van der Waals surface area contributed by atoms with Gasteiger partial charge in [-0.15, -0.1) is 0 Å². The summed E-state index contributed by atoms with van der Waals surface area (Å²) in [6, 6.07) is 6.99. The molecule has 3 atom stereocenters. The number of benzene rings is 2. The third kappa shape index (κ3) is 5.33. The van der Waals surface area contributed by atoms with Gasteiger partial charge in [0.2, 0.25) is 0 Å². The van der Waals surface area contributed by atoms with Gasteiger partial charge in [-0.2, -0.15) is 9.28 Å². The number of hydrogen-bond donors (Lipinski definition) is 3. The quantitative estimate of drug-likeness (QED) is 0.413. The van der Waals surface area contributed by atoms with E-state index in [2.05, 4.69) is 20.6 Å². The van der Waals surface area contributed by atoms with Crippen molar-refractivity contribution in [1.29, 1.82) is 0 Å². The molecule has 13 heteroatoms. The minimum absolute atomic E-state index is 0.0499. The van der Waals surface area contributed by atoms with Crippen molar-refractivity contribution in [3.63, 3.8) is 0 Å². The van der Waals surface area contributed by atoms with Crippen molar-refractivity contribution < 1.29 is 32.5 Å². The zero-order valence-corrected chi connectivity index (χ0v) is 18.4. The summed E-state index contributed by atoms with van der Waals surface area (Å²) in [6.07, 6.45) is 1.61. The number of halogens is 3. The summed E-state index contributed by atoms with van der Waals surface area (Å²) in [5, 5.41) is 5.60. The molecule has 1 amide bonds. The van der Waals surface area contributed by atoms with Crippen LogP contribution < -0.4 is 15.4 Å². The lowest BCUT2D eigenvalue weighted by Gasteiger charge is -2.17. The fourth-order valence-corrected chi connectivity index (χ4v) is 3.61. The van der Waals surface area contributed by atoms with Crippen LogP contribution in [-0.4, -0.2) is 46.0 Å². The Kier molecular flexibility index (Phi) is 6.94. The molecule has 2 aromatic carbocycles. The average Bonchev–Trinajstić information content (AvgIpc) is 3.29. The van der Waals surface area contributed by atoms with Crippen molar-refractivity contribution in [2.75, 3.05) is 23.8 Å². The topological polar surface area (TPSA) is 123 Å². The minimum Gasteiger partial charge on any atom is -0.486 e. The van der Waals surface area contributed by atoms with Gasteiger partial charge in [-0.1, -0.05) is 11.6 Å². The maximum Gasteiger partial charge on any atom is 0.553 e. The first-order valence-electron chi connectivity index (χ1n) is 9.67. The third-order valence-corrected chi connectivity index (χ3v) is 5.68. The Labute approximate surface area is 192 Å². The molecule has 0 bridgehead atoms. The van der Waals surface area contributed by atoms with E-state index in [-0.39, 0.29) is 22.6 Å². The molecule has 0 aliphatic carbocycles. The highest BCUT2D eigenvalue weighted by Gasteiger charge is 2.37. The van der Waals surface area contributed by atoms with Crippen LogP contribution in [0.1, 0.15) is 6.42 Å². The van der Waals surface area contributed by atoms with Crippen LogP contribution in [0, 0.1) is 5.82 Å². The van der Waals surface area contributed by atoms with E-state index in [1.807, 2.05) is 0 Å². The number of amides is 1. The van der Waals surface area contributed by atoms with E-state index in [1.54, 1.807) is 0 Å². The van der Waals surface area contributed by atoms with E-state index in [4.69, 9.17) is 26.0 Å². The number of aromatic nitrogens is 2. The smallest absolute Gasteiger partial charge is 0.486 e. The van der Waals surface area contributed by atoms with Crippen LogP contribution in [0.2, 0.25) is 5.02 Å². The molecule has 2 unspecified atom stereocenters. The third-order valence-electron chi connectivity index (χ3n) is 4.77. The van der Waals surface area contributed by atoms with Crippen molar-refractivity contribution in [3.8, 4) is 5.75 Å². The van der Waals surface area contributed by atoms with Crippen LogP contribution in [-0.2, 0) is 14.1 Å². The van der Waals surface area contributed by atoms with Crippen LogP contribution in [0.5, 0.6) is 5.75 Å². The van der Waals surface area contributed by atoms with E-state index >= 15 is 0 Å². The Hall–Kier alpha value is -2.98. The lowest BCUT2D eigenvalue weighted by molar-refractivity contribution is -0.118. The average molecular weight is 498 g/mol. The lowest BCUT2D eigenvalue weighted by atomic mass is 10.1. The monoisotopic (exact) mass is 497 g/mol. The van der Waals surface area contributed by atoms with Gasteiger partial charge in [-0.25, -0.2) is 14.4 Å². The van der Waals surface area contributed by atoms with Gasteiger partial charge < -0.3 is 20.1 Å². The summed E-state index contributed by atoms with van der Waals surface area (Å²) in [5.41, 5.74) is 0.920. The highest BCUT2D eigenvalue weighted by molar-refractivity contribution is 7.40. The molecule has 1 aliphatic rings. The molecule has 4 rings (SSSR count). The van der Waals surface area contributed by atoms with Gasteiger partial charge in [-0.3, -0.25) is 4.79 Å². The number of rotatable bonds is 7. The number of ether oxygens (including phenoxy) is 2. The standard InChI is InChI=1S/C20H16ClF2N4O5P/c21-13-5-10(1-2-14(13)22)26-19-12-6-16(27-20(28)18(23)33(29)30)17(7-15(12)24-9-25-19)32-11-3-4-31-8-11/h1-2,5-7,9,11,18H,3-4,8H2,(H2-,24,25,26,27,28,29,30)/p+1/t11-,18?/m0/s1. The molecule has 0 radical (unpaired) electrons. The van der Waals surface area contributed by atoms with Crippen LogP contribution in [0.3, 0.4) is 0 Å². The van der Waals surface area contributed by atoms with Crippen molar-refractivity contribution in [2.24, 2.45) is 0 Å². The van der Waals surface area contributed by atoms with Gasteiger partial charge in [0.25, 0.3) is 0 Å². The van der Waals surface area contributed by atoms with Crippen molar-refractivity contribution >= 4 is 53.6 Å². The number of carbonyl (C=O) groups is 1. The van der Waals surface area contributed by atoms with Gasteiger partial charge in [0.05, 0.1) is 29.4 Å². The highest BCUT2D eigenvalue weighted by Crippen LogP contribution is 2.36. The van der Waals surface area contributed by atoms with E-state index in [0.717, 1.165) is 0 Å². The number of anilines is 3. The van der Waals surface area contributed by atoms with Gasteiger partial charge in [0, 0.05) is 23.6 Å². The van der Waals surface area contributed by atoms with Crippen molar-refractivity contribution in [2.45, 2.75) is 18.4 Å². The Balaban J connectivity index is 1.74. The van der Waals surface area contributed by atoms with Gasteiger partial charge in [-0.05, 0) is 28.8 Å². The predicted octanol–water partition coefficient (Wildman–Crippen LogP) is 4.30. The molecule has 33 heavy (non-hydrogen) atoms. The largest absolute Gasteiger partial charge is 0.553 e. The van der Waals surface area contributed by atoms with Crippen molar-refractivity contribution in [3.05, 3.63) is 47.5 Å². The molecular weight excluding hydrogens is 481 g/mol. The molecule has 1 fully saturated rings. The summed E-state index contributed by atoms with van der Waals surface area (Å²) < 4.78 is 49.5. The molecule has 9 nitrogen and oxygen atoms in total. The lowest BCUT2D eigenvalue weighted by Crippen LogP contribution is -2.23. The van der Waals surface area contributed by atoms with Crippen LogP contribution in [0.25, 0.3) is 10.9 Å². The Morgan fingerprint density at radius 3 is 2.85 bits per heavy atom. The fourth-order valence-electron chi connectivity index (χ4n) is 3.17. The second kappa shape index (κ2) is 9.88. The summed E-state index contributed by atoms with van der Waals surface area (Å²) >= 11 is 5.84. The van der Waals surface area contributed by atoms with Crippen LogP contribution >= 0.6 is 19.6 Å². The molecule has 172 valence electrons. The first-order valence-corrected chi connectivity index (χ1v) is 11.3. The highest BCUT2D eigenvalue weighted by atomic mass is 35.5. The summed E-state index contributed by atoms with van der Waals surface area (Å²) in [7, 11) is -3.37. The number of carbonyl (C=O) groups excluding carboxylic acids is 1. The van der Waals surface area contributed by atoms with E-state index in [9.17, 15) is 18.1 Å². The Morgan fingerprint density at radius 2 is 2.15 bits per heavy atom. The maximum atomic E-state index is 13.8. The summed E-state index contributed by atoms with van der Waals surface area (Å²) in [6.45, 7) is 0.843. The number of nitrogens with one attached hydrogen (secondary N) is 2. The number of alkyl halides is 1. The van der Waals surface area contributed by atoms with Crippen molar-refractivity contribution in [1.82, 2.24) is 9.97 Å². The fraction of sp³-hybridized carbons (Fsp3) is 0.250. The molecule has 1 aliphatic heterocycles. The Morgan fingerprint density at radius 1 is 1.33 bits per heavy atom. The molecule has 2 heterocycles. The molecule has 3 N–H and O–H groups in total. The molecule has 1 aromatic heterocycles. The van der Waals surface area contributed by atoms with E-state index in [0.29, 0.717) is 42.0 Å². The van der Waals surface area contributed by atoms with E-state index in [1.165, 1.54) is 36.7 Å². The minimum atomic E-state index is -3.37. The molecule has 0 saturated carbocycles. The normalized spacial score (nSPS) is 17.0. The van der Waals surface area contributed by atoms with Crippen LogP contribution in [0.4, 0.5) is 26.0 Å². The van der Waals surface area contributed by atoms with E-state index < -0.39 is 25.7 Å². The SMILES string of the molecule is O=C(Nc1cc2c(Nc3ccc(F)c(Cl)c3)ncnc2cc1O[C@H]1CCOC1)C(F)[P+](=O)O. The summed E-state index contributed by atoms with van der Waals surface area (Å²) in [4.78, 5) is 29.5. The molecular formula is C20H17ClF2N4O5P+. The Bertz CT molecular complexity index is 1230. The summed E-state index contributed by atoms with van der Waals surface area (Å²) in [5.74, 6) is -4.04. The molecule has 1 saturated heterocycles. The second-order valence-corrected chi connectivity index (χ2v) is 8.54. The maximum absolute atomic E-state index is 13.8. The number of fused-ring (bicyclic) bond motifs is 1. The molecule has 0 spiro atoms. The molecule has 3 aromatic rings. The van der Waals surface area contributed by atoms with Gasteiger partial charge in [0.15, 0.2) is 0 Å². The first-order chi connectivity index (χ1) is 15.8. The first kappa shape index (κ1) is 23.2.